The molecule has 8 heteroatoms. The number of ether oxygens (including phenoxy) is 1. The predicted molar refractivity (Wildman–Crippen MR) is 91.5 cm³/mol. The topological polar surface area (TPSA) is 63.6 Å². The van der Waals surface area contributed by atoms with Gasteiger partial charge in [-0.1, -0.05) is 34.8 Å². The first kappa shape index (κ1) is 17.5. The molecule has 1 aromatic heterocycles. The van der Waals surface area contributed by atoms with Crippen molar-refractivity contribution < 1.29 is 9.53 Å². The maximum absolute atomic E-state index is 11.9. The first-order valence-corrected chi connectivity index (χ1v) is 7.65. The second kappa shape index (κ2) is 8.15. The number of hydrogen-bond acceptors (Lipinski definition) is 4. The third kappa shape index (κ3) is 5.10. The smallest absolute Gasteiger partial charge is 0.280 e. The number of halogens is 3. The van der Waals surface area contributed by atoms with Crippen molar-refractivity contribution in [3.63, 3.8) is 0 Å². The Balaban J connectivity index is 1.95. The van der Waals surface area contributed by atoms with Gasteiger partial charge in [-0.15, -0.1) is 0 Å². The molecule has 5 nitrogen and oxygen atoms in total. The van der Waals surface area contributed by atoms with Crippen molar-refractivity contribution in [2.75, 3.05) is 0 Å². The van der Waals surface area contributed by atoms with Crippen LogP contribution in [-0.2, 0) is 4.79 Å². The molecule has 0 aliphatic heterocycles. The zero-order valence-electron chi connectivity index (χ0n) is 12.0. The predicted octanol–water partition coefficient (Wildman–Crippen LogP) is 3.96. The summed E-state index contributed by atoms with van der Waals surface area (Å²) in [5, 5.41) is 4.70. The van der Waals surface area contributed by atoms with Crippen molar-refractivity contribution >= 4 is 46.9 Å². The summed E-state index contributed by atoms with van der Waals surface area (Å²) in [7, 11) is 0. The van der Waals surface area contributed by atoms with E-state index in [1.54, 1.807) is 31.5 Å². The largest absolute Gasteiger partial charge is 0.479 e. The summed E-state index contributed by atoms with van der Waals surface area (Å²) in [4.78, 5) is 15.8. The minimum atomic E-state index is -0.820. The van der Waals surface area contributed by atoms with E-state index in [1.807, 2.05) is 0 Å². The van der Waals surface area contributed by atoms with Gasteiger partial charge in [-0.3, -0.25) is 9.78 Å². The van der Waals surface area contributed by atoms with Gasteiger partial charge in [-0.05, 0) is 30.7 Å². The van der Waals surface area contributed by atoms with Crippen molar-refractivity contribution in [3.05, 3.63) is 57.3 Å². The molecule has 1 unspecified atom stereocenters. The fourth-order valence-corrected chi connectivity index (χ4v) is 2.13. The van der Waals surface area contributed by atoms with Crippen molar-refractivity contribution in [1.29, 1.82) is 0 Å². The van der Waals surface area contributed by atoms with Gasteiger partial charge in [0.25, 0.3) is 5.91 Å². The van der Waals surface area contributed by atoms with Crippen LogP contribution in [0.3, 0.4) is 0 Å². The SMILES string of the molecule is CC(Oc1cc(Cl)c(Cl)cc1Cl)C(=O)N/N=C\c1ccncc1. The molecule has 1 atom stereocenters. The molecular weight excluding hydrogens is 361 g/mol. The minimum absolute atomic E-state index is 0.263. The van der Waals surface area contributed by atoms with Crippen molar-refractivity contribution in [1.82, 2.24) is 10.4 Å². The van der Waals surface area contributed by atoms with E-state index in [0.29, 0.717) is 5.02 Å². The van der Waals surface area contributed by atoms with Crippen molar-refractivity contribution in [2.24, 2.45) is 5.10 Å². The Labute approximate surface area is 148 Å². The quantitative estimate of drug-likeness (QED) is 0.491. The Kier molecular flexibility index (Phi) is 6.21. The van der Waals surface area contributed by atoms with E-state index in [2.05, 4.69) is 15.5 Å². The molecule has 0 radical (unpaired) electrons. The molecule has 0 fully saturated rings. The Bertz CT molecular complexity index is 723. The Morgan fingerprint density at radius 2 is 1.87 bits per heavy atom. The number of nitrogens with zero attached hydrogens (tertiary/aromatic N) is 2. The first-order valence-electron chi connectivity index (χ1n) is 6.51. The number of carbonyl (C=O) groups is 1. The lowest BCUT2D eigenvalue weighted by Gasteiger charge is -2.14. The third-order valence-electron chi connectivity index (χ3n) is 2.74. The molecule has 1 heterocycles. The monoisotopic (exact) mass is 371 g/mol. The second-order valence-corrected chi connectivity index (χ2v) is 5.69. The lowest BCUT2D eigenvalue weighted by molar-refractivity contribution is -0.127. The van der Waals surface area contributed by atoms with Gasteiger partial charge in [0, 0.05) is 18.5 Å². The van der Waals surface area contributed by atoms with E-state index in [4.69, 9.17) is 39.5 Å². The fraction of sp³-hybridized carbons (Fsp3) is 0.133. The van der Waals surface area contributed by atoms with Gasteiger partial charge in [-0.2, -0.15) is 5.10 Å². The fourth-order valence-electron chi connectivity index (χ4n) is 1.55. The highest BCUT2D eigenvalue weighted by atomic mass is 35.5. The van der Waals surface area contributed by atoms with Crippen molar-refractivity contribution in [2.45, 2.75) is 13.0 Å². The van der Waals surface area contributed by atoms with Crippen molar-refractivity contribution in [3.8, 4) is 5.75 Å². The lowest BCUT2D eigenvalue weighted by atomic mass is 10.3. The van der Waals surface area contributed by atoms with Gasteiger partial charge in [0.05, 0.1) is 21.3 Å². The zero-order valence-corrected chi connectivity index (χ0v) is 14.2. The molecule has 1 N–H and O–H groups in total. The summed E-state index contributed by atoms with van der Waals surface area (Å²) >= 11 is 17.7. The van der Waals surface area contributed by atoms with Crippen LogP contribution in [0.1, 0.15) is 12.5 Å². The lowest BCUT2D eigenvalue weighted by Crippen LogP contribution is -2.33. The van der Waals surface area contributed by atoms with Crippen LogP contribution in [0.15, 0.2) is 41.8 Å². The van der Waals surface area contributed by atoms with Crippen LogP contribution in [-0.4, -0.2) is 23.2 Å². The average molecular weight is 373 g/mol. The molecule has 0 aliphatic carbocycles. The summed E-state index contributed by atoms with van der Waals surface area (Å²) in [6.45, 7) is 1.57. The van der Waals surface area contributed by atoms with Gasteiger partial charge in [0.15, 0.2) is 6.10 Å². The number of nitrogens with one attached hydrogen (secondary N) is 1. The number of rotatable bonds is 5. The van der Waals surface area contributed by atoms with E-state index in [9.17, 15) is 4.79 Å². The van der Waals surface area contributed by atoms with Crippen LogP contribution in [0.4, 0.5) is 0 Å². The Morgan fingerprint density at radius 1 is 1.22 bits per heavy atom. The van der Waals surface area contributed by atoms with E-state index in [1.165, 1.54) is 18.3 Å². The molecule has 0 saturated carbocycles. The van der Waals surface area contributed by atoms with Gasteiger partial charge < -0.3 is 4.74 Å². The molecule has 1 amide bonds. The molecule has 23 heavy (non-hydrogen) atoms. The van der Waals surface area contributed by atoms with Crippen LogP contribution in [0.5, 0.6) is 5.75 Å². The summed E-state index contributed by atoms with van der Waals surface area (Å²) < 4.78 is 5.47. The molecule has 2 rings (SSSR count). The molecule has 120 valence electrons. The zero-order chi connectivity index (χ0) is 16.8. The highest BCUT2D eigenvalue weighted by Gasteiger charge is 2.16. The van der Waals surface area contributed by atoms with Gasteiger partial charge in [0.2, 0.25) is 0 Å². The highest BCUT2D eigenvalue weighted by molar-refractivity contribution is 6.43. The van der Waals surface area contributed by atoms with Crippen LogP contribution in [0, 0.1) is 0 Å². The average Bonchev–Trinajstić information content (AvgIpc) is 2.53. The highest BCUT2D eigenvalue weighted by Crippen LogP contribution is 2.34. The minimum Gasteiger partial charge on any atom is -0.479 e. The van der Waals surface area contributed by atoms with E-state index in [0.717, 1.165) is 5.56 Å². The first-order chi connectivity index (χ1) is 11.0. The summed E-state index contributed by atoms with van der Waals surface area (Å²) in [5.74, 6) is -0.167. The van der Waals surface area contributed by atoms with Crippen LogP contribution < -0.4 is 10.2 Å². The van der Waals surface area contributed by atoms with E-state index in [-0.39, 0.29) is 15.8 Å². The van der Waals surface area contributed by atoms with Gasteiger partial charge in [0.1, 0.15) is 5.75 Å². The van der Waals surface area contributed by atoms with Crippen LogP contribution >= 0.6 is 34.8 Å². The summed E-state index contributed by atoms with van der Waals surface area (Å²) in [5.41, 5.74) is 3.19. The number of benzene rings is 1. The van der Waals surface area contributed by atoms with Gasteiger partial charge in [-0.25, -0.2) is 5.43 Å². The molecule has 0 saturated heterocycles. The normalized spacial score (nSPS) is 12.2. The van der Waals surface area contributed by atoms with E-state index < -0.39 is 12.0 Å². The van der Waals surface area contributed by atoms with E-state index >= 15 is 0 Å². The maximum Gasteiger partial charge on any atom is 0.280 e. The Morgan fingerprint density at radius 3 is 2.57 bits per heavy atom. The van der Waals surface area contributed by atoms with Crippen LogP contribution in [0.25, 0.3) is 0 Å². The van der Waals surface area contributed by atoms with Gasteiger partial charge >= 0.3 is 0 Å². The summed E-state index contributed by atoms with van der Waals surface area (Å²) in [6, 6.07) is 6.42. The van der Waals surface area contributed by atoms with Crippen LogP contribution in [0.2, 0.25) is 15.1 Å². The standard InChI is InChI=1S/C15H12Cl3N3O2/c1-9(23-14-7-12(17)11(16)6-13(14)18)15(22)21-20-8-10-2-4-19-5-3-10/h2-9H,1H3,(H,21,22)/b20-8-. The number of carbonyl (C=O) groups excluding carboxylic acids is 1. The number of hydrazone groups is 1. The number of amides is 1. The molecular formula is C15H12Cl3N3O2. The number of aromatic nitrogens is 1. The maximum atomic E-state index is 11.9. The second-order valence-electron chi connectivity index (χ2n) is 4.47. The third-order valence-corrected chi connectivity index (χ3v) is 3.76. The number of hydrogen-bond donors (Lipinski definition) is 1. The molecule has 0 spiro atoms. The molecule has 0 aliphatic rings. The number of pyridine rings is 1. The Hall–Kier alpha value is -1.82. The summed E-state index contributed by atoms with van der Waals surface area (Å²) in [6.07, 6.45) is 3.93. The molecule has 1 aromatic carbocycles. The molecule has 0 bridgehead atoms. The molecule has 2 aromatic rings.